The van der Waals surface area contributed by atoms with Gasteiger partial charge in [0, 0.05) is 5.41 Å². The van der Waals surface area contributed by atoms with E-state index in [4.69, 9.17) is 0 Å². The molecule has 0 bridgehead atoms. The van der Waals surface area contributed by atoms with Gasteiger partial charge in [0.25, 0.3) is 0 Å². The Morgan fingerprint density at radius 3 is 1.68 bits per heavy atom. The molecule has 0 saturated heterocycles. The molecule has 1 aromatic heterocycles. The molecule has 0 N–H and O–H groups in total. The lowest BCUT2D eigenvalue weighted by Crippen LogP contribution is -2.37. The molecule has 2 heteroatoms. The number of aryl methyl sites for hydroxylation is 1. The van der Waals surface area contributed by atoms with Crippen molar-refractivity contribution < 1.29 is 4.57 Å². The van der Waals surface area contributed by atoms with Crippen LogP contribution in [0.15, 0.2) is 79.4 Å². The van der Waals surface area contributed by atoms with Crippen LogP contribution in [0.4, 0.5) is 0 Å². The molecule has 2 aromatic carbocycles. The summed E-state index contributed by atoms with van der Waals surface area (Å²) < 4.78 is 4.67. The maximum absolute atomic E-state index is 2.49. The quantitative estimate of drug-likeness (QED) is 0.105. The first-order valence-corrected chi connectivity index (χ1v) is 15.8. The van der Waals surface area contributed by atoms with E-state index < -0.39 is 0 Å². The fourth-order valence-electron chi connectivity index (χ4n) is 6.23. The van der Waals surface area contributed by atoms with E-state index in [1.165, 1.54) is 107 Å². The van der Waals surface area contributed by atoms with Crippen molar-refractivity contribution in [2.75, 3.05) is 0 Å². The molecular weight excluding hydrogens is 460 g/mol. The van der Waals surface area contributed by atoms with Gasteiger partial charge in [-0.3, -0.25) is 0 Å². The third kappa shape index (κ3) is 10.1. The van der Waals surface area contributed by atoms with Crippen molar-refractivity contribution in [3.05, 3.63) is 90.5 Å². The fraction of sp³-hybridized carbons (Fsp3) is 0.583. The highest BCUT2D eigenvalue weighted by Crippen LogP contribution is 2.41. The fourth-order valence-corrected chi connectivity index (χ4v) is 6.23. The van der Waals surface area contributed by atoms with Crippen LogP contribution in [0, 0.1) is 0 Å². The lowest BCUT2D eigenvalue weighted by molar-refractivity contribution is -0.671. The second-order valence-electron chi connectivity index (χ2n) is 11.9. The molecule has 0 amide bonds. The summed E-state index contributed by atoms with van der Waals surface area (Å²) in [5, 5.41) is 0. The van der Waals surface area contributed by atoms with Gasteiger partial charge in [-0.1, -0.05) is 158 Å². The zero-order valence-electron chi connectivity index (χ0n) is 24.8. The second-order valence-corrected chi connectivity index (χ2v) is 11.9. The van der Waals surface area contributed by atoms with E-state index in [-0.39, 0.29) is 5.41 Å². The zero-order chi connectivity index (χ0) is 26.9. The van der Waals surface area contributed by atoms with Crippen molar-refractivity contribution >= 4 is 0 Å². The molecule has 2 atom stereocenters. The largest absolute Gasteiger partial charge is 0.243 e. The molecule has 208 valence electrons. The molecule has 3 rings (SSSR count). The Morgan fingerprint density at radius 2 is 1.18 bits per heavy atom. The topological polar surface area (TPSA) is 8.81 Å². The highest BCUT2D eigenvalue weighted by atomic mass is 15.1. The number of hydrogen-bond acceptors (Lipinski definition) is 0. The van der Waals surface area contributed by atoms with E-state index in [9.17, 15) is 0 Å². The summed E-state index contributed by atoms with van der Waals surface area (Å²) in [7, 11) is 2.14. The number of imidazole rings is 1. The van der Waals surface area contributed by atoms with Gasteiger partial charge in [-0.05, 0) is 30.4 Å². The SMILES string of the molecule is CCCCCCCCCCCCCCCCC(n1cc[n+](C)c1)C(C)(Cc1ccccc1)c1ccccc1. The van der Waals surface area contributed by atoms with Crippen LogP contribution in [0.2, 0.25) is 0 Å². The lowest BCUT2D eigenvalue weighted by atomic mass is 9.70. The molecule has 3 aromatic rings. The molecule has 38 heavy (non-hydrogen) atoms. The molecule has 0 spiro atoms. The zero-order valence-corrected chi connectivity index (χ0v) is 24.8. The molecular formula is C36H55N2+. The normalized spacial score (nSPS) is 13.9. The van der Waals surface area contributed by atoms with Gasteiger partial charge < -0.3 is 0 Å². The van der Waals surface area contributed by atoms with Gasteiger partial charge >= 0.3 is 0 Å². The minimum absolute atomic E-state index is 0.0190. The highest BCUT2D eigenvalue weighted by molar-refractivity contribution is 5.30. The maximum Gasteiger partial charge on any atom is 0.243 e. The van der Waals surface area contributed by atoms with Crippen LogP contribution in [0.5, 0.6) is 0 Å². The molecule has 0 aliphatic heterocycles. The van der Waals surface area contributed by atoms with Gasteiger partial charge in [-0.2, -0.15) is 0 Å². The molecule has 0 saturated carbocycles. The molecule has 1 heterocycles. The van der Waals surface area contributed by atoms with Gasteiger partial charge in [0.1, 0.15) is 18.4 Å². The van der Waals surface area contributed by atoms with Crippen molar-refractivity contribution in [1.29, 1.82) is 0 Å². The molecule has 0 aliphatic rings. The van der Waals surface area contributed by atoms with Gasteiger partial charge in [-0.25, -0.2) is 9.13 Å². The van der Waals surface area contributed by atoms with E-state index in [1.54, 1.807) is 0 Å². The lowest BCUT2D eigenvalue weighted by Gasteiger charge is -2.37. The van der Waals surface area contributed by atoms with Gasteiger partial charge in [0.2, 0.25) is 6.33 Å². The average Bonchev–Trinajstić information content (AvgIpc) is 3.37. The van der Waals surface area contributed by atoms with Crippen LogP contribution in [0.3, 0.4) is 0 Å². The summed E-state index contributed by atoms with van der Waals surface area (Å²) >= 11 is 0. The summed E-state index contributed by atoms with van der Waals surface area (Å²) in [5.74, 6) is 0. The molecule has 2 unspecified atom stereocenters. The van der Waals surface area contributed by atoms with E-state index in [0.29, 0.717) is 6.04 Å². The molecule has 2 nitrogen and oxygen atoms in total. The Labute approximate surface area is 234 Å². The number of aromatic nitrogens is 2. The summed E-state index contributed by atoms with van der Waals surface area (Å²) in [5.41, 5.74) is 2.88. The van der Waals surface area contributed by atoms with E-state index in [1.807, 2.05) is 0 Å². The molecule has 0 radical (unpaired) electrons. The standard InChI is InChI=1S/C36H55N2/c1-4-5-6-7-8-9-10-11-12-13-14-15-16-23-28-35(38-30-29-37(3)32-38)36(2,34-26-21-18-22-27-34)31-33-24-19-17-20-25-33/h17-22,24-27,29-30,32,35H,4-16,23,28,31H2,1-3H3/q+1. The summed E-state index contributed by atoms with van der Waals surface area (Å²) in [6.45, 7) is 4.79. The summed E-state index contributed by atoms with van der Waals surface area (Å²) in [6, 6.07) is 22.7. The highest BCUT2D eigenvalue weighted by Gasteiger charge is 2.40. The number of hydrogen-bond donors (Lipinski definition) is 0. The van der Waals surface area contributed by atoms with Crippen molar-refractivity contribution in [3.8, 4) is 0 Å². The van der Waals surface area contributed by atoms with Crippen molar-refractivity contribution in [2.24, 2.45) is 7.05 Å². The van der Waals surface area contributed by atoms with Crippen molar-refractivity contribution in [1.82, 2.24) is 4.57 Å². The predicted octanol–water partition coefficient (Wildman–Crippen LogP) is 9.93. The van der Waals surface area contributed by atoms with E-state index in [0.717, 1.165) is 6.42 Å². The third-order valence-corrected chi connectivity index (χ3v) is 8.56. The van der Waals surface area contributed by atoms with E-state index in [2.05, 4.69) is 109 Å². The molecule has 0 fully saturated rings. The summed E-state index contributed by atoms with van der Waals surface area (Å²) in [4.78, 5) is 0. The first-order chi connectivity index (χ1) is 18.6. The van der Waals surface area contributed by atoms with Gasteiger partial charge in [-0.15, -0.1) is 0 Å². The number of nitrogens with zero attached hydrogens (tertiary/aromatic N) is 2. The van der Waals surface area contributed by atoms with Crippen LogP contribution >= 0.6 is 0 Å². The third-order valence-electron chi connectivity index (χ3n) is 8.56. The Morgan fingerprint density at radius 1 is 0.684 bits per heavy atom. The monoisotopic (exact) mass is 515 g/mol. The van der Waals surface area contributed by atoms with Gasteiger partial charge in [0.05, 0.1) is 7.05 Å². The van der Waals surface area contributed by atoms with Crippen LogP contribution < -0.4 is 4.57 Å². The average molecular weight is 516 g/mol. The second kappa shape index (κ2) is 17.3. The minimum atomic E-state index is 0.0190. The number of benzene rings is 2. The number of rotatable bonds is 20. The smallest absolute Gasteiger partial charge is 0.240 e. The van der Waals surface area contributed by atoms with Gasteiger partial charge in [0.15, 0.2) is 0 Å². The first kappa shape index (κ1) is 30.2. The number of unbranched alkanes of at least 4 members (excludes halogenated alkanes) is 13. The van der Waals surface area contributed by atoms with Crippen LogP contribution in [-0.4, -0.2) is 4.57 Å². The van der Waals surface area contributed by atoms with E-state index >= 15 is 0 Å². The van der Waals surface area contributed by atoms with Crippen LogP contribution in [-0.2, 0) is 18.9 Å². The van der Waals surface area contributed by atoms with Crippen molar-refractivity contribution in [3.63, 3.8) is 0 Å². The Bertz CT molecular complexity index is 977. The summed E-state index contributed by atoms with van der Waals surface area (Å²) in [6.07, 6.45) is 28.7. The predicted molar refractivity (Wildman–Crippen MR) is 164 cm³/mol. The van der Waals surface area contributed by atoms with Crippen molar-refractivity contribution in [2.45, 2.75) is 128 Å². The van der Waals surface area contributed by atoms with Crippen LogP contribution in [0.25, 0.3) is 0 Å². The Hall–Kier alpha value is -2.35. The minimum Gasteiger partial charge on any atom is -0.240 e. The molecule has 0 aliphatic carbocycles. The Kier molecular flexibility index (Phi) is 13.7. The Balaban J connectivity index is 1.51. The maximum atomic E-state index is 2.49. The first-order valence-electron chi connectivity index (χ1n) is 15.8. The van der Waals surface area contributed by atoms with Crippen LogP contribution in [0.1, 0.15) is 127 Å².